The van der Waals surface area contributed by atoms with Crippen molar-refractivity contribution >= 4 is 17.8 Å². The lowest BCUT2D eigenvalue weighted by Crippen LogP contribution is -2.47. The number of hydrogen-bond donors (Lipinski definition) is 4. The van der Waals surface area contributed by atoms with Crippen molar-refractivity contribution in [1.82, 2.24) is 10.6 Å². The van der Waals surface area contributed by atoms with Crippen LogP contribution in [0, 0.1) is 0 Å². The van der Waals surface area contributed by atoms with Crippen molar-refractivity contribution in [2.45, 2.75) is 51.0 Å². The van der Waals surface area contributed by atoms with Crippen LogP contribution in [-0.4, -0.2) is 105 Å². The molecule has 3 aromatic rings. The van der Waals surface area contributed by atoms with Crippen molar-refractivity contribution in [1.29, 1.82) is 0 Å². The first kappa shape index (κ1) is 38.4. The van der Waals surface area contributed by atoms with Crippen LogP contribution in [0.15, 0.2) is 78.9 Å². The second-order valence-electron chi connectivity index (χ2n) is 11.6. The van der Waals surface area contributed by atoms with Gasteiger partial charge in [-0.3, -0.25) is 9.59 Å². The maximum atomic E-state index is 12.6. The van der Waals surface area contributed by atoms with Gasteiger partial charge in [0.05, 0.1) is 50.8 Å². The fraction of sp³-hybridized carbons (Fsp3) is 0.432. The number of aliphatic hydroxyl groups excluding tert-OH is 2. The van der Waals surface area contributed by atoms with Crippen LogP contribution in [0.3, 0.4) is 0 Å². The van der Waals surface area contributed by atoms with Gasteiger partial charge in [-0.2, -0.15) is 0 Å². The molecule has 50 heavy (non-hydrogen) atoms. The van der Waals surface area contributed by atoms with Gasteiger partial charge in [0.15, 0.2) is 12.9 Å². The highest BCUT2D eigenvalue weighted by Crippen LogP contribution is 2.24. The van der Waals surface area contributed by atoms with Gasteiger partial charge in [-0.15, -0.1) is 0 Å². The molecule has 0 radical (unpaired) electrons. The molecule has 0 aromatic heterocycles. The van der Waals surface area contributed by atoms with Crippen molar-refractivity contribution in [3.63, 3.8) is 0 Å². The van der Waals surface area contributed by atoms with Crippen LogP contribution in [0.4, 0.5) is 0 Å². The topological polar surface area (TPSA) is 171 Å². The van der Waals surface area contributed by atoms with E-state index in [0.29, 0.717) is 31.1 Å². The number of amides is 2. The van der Waals surface area contributed by atoms with E-state index in [1.807, 2.05) is 48.5 Å². The van der Waals surface area contributed by atoms with Crippen LogP contribution in [-0.2, 0) is 39.9 Å². The van der Waals surface area contributed by atoms with E-state index in [-0.39, 0.29) is 64.2 Å². The minimum Gasteiger partial charge on any atom is -0.484 e. The highest BCUT2D eigenvalue weighted by molar-refractivity contribution is 5.91. The lowest BCUT2D eigenvalue weighted by Gasteiger charge is -2.35. The Balaban J connectivity index is 0.996. The fourth-order valence-electron chi connectivity index (χ4n) is 4.93. The third kappa shape index (κ3) is 13.5. The molecule has 1 aliphatic heterocycles. The number of esters is 1. The van der Waals surface area contributed by atoms with Gasteiger partial charge in [0.1, 0.15) is 18.5 Å². The minimum atomic E-state index is -0.923. The molecular weight excluding hydrogens is 648 g/mol. The van der Waals surface area contributed by atoms with Gasteiger partial charge in [-0.05, 0) is 47.9 Å². The fourth-order valence-corrected chi connectivity index (χ4v) is 4.93. The molecule has 4 atom stereocenters. The monoisotopic (exact) mass is 694 g/mol. The summed E-state index contributed by atoms with van der Waals surface area (Å²) in [5.41, 5.74) is 3.10. The van der Waals surface area contributed by atoms with E-state index in [1.54, 1.807) is 37.3 Å². The number of hydrogen-bond acceptors (Lipinski definition) is 11. The van der Waals surface area contributed by atoms with Crippen molar-refractivity contribution in [3.05, 3.63) is 90.0 Å². The van der Waals surface area contributed by atoms with E-state index in [1.165, 1.54) is 0 Å². The van der Waals surface area contributed by atoms with Gasteiger partial charge < -0.3 is 49.3 Å². The van der Waals surface area contributed by atoms with Crippen LogP contribution in [0.25, 0.3) is 11.1 Å². The van der Waals surface area contributed by atoms with Crippen molar-refractivity contribution in [2.24, 2.45) is 0 Å². The normalized spacial score (nSPS) is 18.6. The Labute approximate surface area is 291 Å². The van der Waals surface area contributed by atoms with E-state index in [4.69, 9.17) is 28.4 Å². The highest BCUT2D eigenvalue weighted by atomic mass is 16.7. The number of ether oxygens (including phenoxy) is 6. The molecule has 3 aromatic carbocycles. The second kappa shape index (κ2) is 21.0. The zero-order valence-corrected chi connectivity index (χ0v) is 28.2. The molecule has 0 aliphatic carbocycles. The standard InChI is InChI=1S/C37H46N2O11/c1-26-36(43)32(40)23-35(50-26)47-21-20-46-19-15-38-33(41)14-17-45-18-16-39-34(42)25-48-31-12-10-28(11-13-31)29-8-5-9-30(22-29)37(44)49-24-27-6-3-2-4-7-27/h2-13,22,26,32,35-36,40,43H,14-21,23-25H2,1H3,(H,38,41)(H,39,42)/t26-,32-,35+,36-/m0/s1. The number of carbonyl (C=O) groups excluding carboxylic acids is 3. The SMILES string of the molecule is C[C@@H]1O[C@@H](OCCOCCNC(=O)CCOCCNC(=O)COc2ccc(-c3cccc(C(=O)OCc4ccccc4)c3)cc2)C[C@H](O)[C@H]1O. The summed E-state index contributed by atoms with van der Waals surface area (Å²) in [5, 5.41) is 24.9. The quantitative estimate of drug-likeness (QED) is 0.101. The maximum absolute atomic E-state index is 12.6. The zero-order valence-electron chi connectivity index (χ0n) is 28.2. The molecule has 1 fully saturated rings. The van der Waals surface area contributed by atoms with Crippen LogP contribution in [0.2, 0.25) is 0 Å². The molecule has 1 saturated heterocycles. The molecule has 1 heterocycles. The Bertz CT molecular complexity index is 1460. The van der Waals surface area contributed by atoms with Gasteiger partial charge >= 0.3 is 5.97 Å². The molecule has 270 valence electrons. The predicted octanol–water partition coefficient (Wildman–Crippen LogP) is 2.62. The minimum absolute atomic E-state index is 0.167. The van der Waals surface area contributed by atoms with Crippen molar-refractivity contribution < 1.29 is 53.0 Å². The number of rotatable bonds is 20. The summed E-state index contributed by atoms with van der Waals surface area (Å²) < 4.78 is 32.9. The first-order chi connectivity index (χ1) is 24.3. The summed E-state index contributed by atoms with van der Waals surface area (Å²) in [6.07, 6.45) is -2.55. The Kier molecular flexibility index (Phi) is 16.1. The summed E-state index contributed by atoms with van der Waals surface area (Å²) in [6.45, 7) is 3.61. The molecule has 4 N–H and O–H groups in total. The third-order valence-electron chi connectivity index (χ3n) is 7.69. The molecule has 4 rings (SSSR count). The van der Waals surface area contributed by atoms with Gasteiger partial charge in [0.25, 0.3) is 5.91 Å². The van der Waals surface area contributed by atoms with E-state index in [2.05, 4.69) is 10.6 Å². The smallest absolute Gasteiger partial charge is 0.338 e. The summed E-state index contributed by atoms with van der Waals surface area (Å²) in [7, 11) is 0. The van der Waals surface area contributed by atoms with Gasteiger partial charge in [0.2, 0.25) is 5.91 Å². The van der Waals surface area contributed by atoms with Crippen molar-refractivity contribution in [3.8, 4) is 16.9 Å². The van der Waals surface area contributed by atoms with Gasteiger partial charge in [-0.25, -0.2) is 4.79 Å². The molecule has 0 bridgehead atoms. The second-order valence-corrected chi connectivity index (χ2v) is 11.6. The summed E-state index contributed by atoms with van der Waals surface area (Å²) >= 11 is 0. The average molecular weight is 695 g/mol. The Morgan fingerprint density at radius 2 is 1.52 bits per heavy atom. The van der Waals surface area contributed by atoms with Crippen LogP contribution >= 0.6 is 0 Å². The zero-order chi connectivity index (χ0) is 35.6. The molecule has 13 nitrogen and oxygen atoms in total. The Hall–Kier alpha value is -4.37. The molecule has 2 amide bonds. The van der Waals surface area contributed by atoms with E-state index >= 15 is 0 Å². The van der Waals surface area contributed by atoms with Crippen LogP contribution < -0.4 is 15.4 Å². The molecule has 0 unspecified atom stereocenters. The number of nitrogens with one attached hydrogen (secondary N) is 2. The maximum Gasteiger partial charge on any atom is 0.338 e. The number of aliphatic hydroxyl groups is 2. The molecule has 0 spiro atoms. The first-order valence-electron chi connectivity index (χ1n) is 16.6. The lowest BCUT2D eigenvalue weighted by atomic mass is 10.0. The van der Waals surface area contributed by atoms with Crippen LogP contribution in [0.1, 0.15) is 35.7 Å². The van der Waals surface area contributed by atoms with Gasteiger partial charge in [0, 0.05) is 25.9 Å². The molecular formula is C37H46N2O11. The molecule has 13 heteroatoms. The number of benzene rings is 3. The van der Waals surface area contributed by atoms with E-state index in [0.717, 1.165) is 16.7 Å². The van der Waals surface area contributed by atoms with E-state index < -0.39 is 30.6 Å². The largest absolute Gasteiger partial charge is 0.484 e. The Morgan fingerprint density at radius 1 is 0.800 bits per heavy atom. The molecule has 0 saturated carbocycles. The Morgan fingerprint density at radius 3 is 2.26 bits per heavy atom. The predicted molar refractivity (Wildman–Crippen MR) is 182 cm³/mol. The average Bonchev–Trinajstić information content (AvgIpc) is 3.13. The lowest BCUT2D eigenvalue weighted by molar-refractivity contribution is -0.248. The summed E-state index contributed by atoms with van der Waals surface area (Å²) in [5.74, 6) is -0.365. The van der Waals surface area contributed by atoms with Crippen LogP contribution in [0.5, 0.6) is 5.75 Å². The third-order valence-corrected chi connectivity index (χ3v) is 7.69. The summed E-state index contributed by atoms with van der Waals surface area (Å²) in [4.78, 5) is 36.7. The highest BCUT2D eigenvalue weighted by Gasteiger charge is 2.34. The van der Waals surface area contributed by atoms with Gasteiger partial charge in [-0.1, -0.05) is 54.6 Å². The van der Waals surface area contributed by atoms with E-state index in [9.17, 15) is 24.6 Å². The first-order valence-corrected chi connectivity index (χ1v) is 16.6. The molecule has 1 aliphatic rings. The summed E-state index contributed by atoms with van der Waals surface area (Å²) in [6, 6.07) is 23.9. The van der Waals surface area contributed by atoms with Crippen molar-refractivity contribution in [2.75, 3.05) is 52.7 Å². The number of carbonyl (C=O) groups is 3.